The minimum atomic E-state index is -0.468. The molecule has 0 aromatic heterocycles. The van der Waals surface area contributed by atoms with Gasteiger partial charge in [-0.05, 0) is 37.0 Å². The lowest BCUT2D eigenvalue weighted by molar-refractivity contribution is 0.131. The molecule has 0 heterocycles. The van der Waals surface area contributed by atoms with Gasteiger partial charge >= 0.3 is 0 Å². The van der Waals surface area contributed by atoms with Crippen molar-refractivity contribution in [2.45, 2.75) is 44.8 Å². The Morgan fingerprint density at radius 2 is 1.88 bits per heavy atom. The minimum Gasteiger partial charge on any atom is -0.392 e. The molecule has 2 atom stereocenters. The maximum atomic E-state index is 12.6. The molecular formula is C13H20FNO. The molecule has 0 spiro atoms. The molecule has 16 heavy (non-hydrogen) atoms. The van der Waals surface area contributed by atoms with Crippen LogP contribution in [-0.2, 0) is 6.42 Å². The Kier molecular flexibility index (Phi) is 5.43. The summed E-state index contributed by atoms with van der Waals surface area (Å²) >= 11 is 0. The lowest BCUT2D eigenvalue weighted by Crippen LogP contribution is -2.34. The third-order valence-corrected chi connectivity index (χ3v) is 2.76. The van der Waals surface area contributed by atoms with Gasteiger partial charge in [0.1, 0.15) is 5.82 Å². The number of aliphatic hydroxyl groups is 1. The highest BCUT2D eigenvalue weighted by Crippen LogP contribution is 2.10. The fourth-order valence-corrected chi connectivity index (χ4v) is 1.71. The summed E-state index contributed by atoms with van der Waals surface area (Å²) in [6.07, 6.45) is 2.72. The number of aryl methyl sites for hydroxylation is 1. The zero-order valence-corrected chi connectivity index (χ0v) is 9.70. The van der Waals surface area contributed by atoms with Gasteiger partial charge in [-0.15, -0.1) is 0 Å². The van der Waals surface area contributed by atoms with Crippen molar-refractivity contribution in [2.75, 3.05) is 0 Å². The van der Waals surface area contributed by atoms with Crippen molar-refractivity contribution in [2.24, 2.45) is 5.73 Å². The summed E-state index contributed by atoms with van der Waals surface area (Å²) in [5, 5.41) is 9.77. The van der Waals surface area contributed by atoms with Gasteiger partial charge in [0.2, 0.25) is 0 Å². The van der Waals surface area contributed by atoms with Gasteiger partial charge in [0.25, 0.3) is 0 Å². The summed E-state index contributed by atoms with van der Waals surface area (Å²) in [5.41, 5.74) is 6.84. The smallest absolute Gasteiger partial charge is 0.123 e. The molecule has 3 N–H and O–H groups in total. The molecule has 1 aromatic carbocycles. The third kappa shape index (κ3) is 4.29. The minimum absolute atomic E-state index is 0.148. The number of rotatable bonds is 6. The quantitative estimate of drug-likeness (QED) is 0.780. The van der Waals surface area contributed by atoms with Crippen LogP contribution in [0.5, 0.6) is 0 Å². The van der Waals surface area contributed by atoms with Gasteiger partial charge in [0, 0.05) is 6.04 Å². The average molecular weight is 225 g/mol. The van der Waals surface area contributed by atoms with E-state index in [-0.39, 0.29) is 11.9 Å². The first-order chi connectivity index (χ1) is 7.63. The summed E-state index contributed by atoms with van der Waals surface area (Å²) in [6, 6.07) is 6.22. The summed E-state index contributed by atoms with van der Waals surface area (Å²) in [7, 11) is 0. The molecule has 0 fully saturated rings. The van der Waals surface area contributed by atoms with Crippen LogP contribution in [0.4, 0.5) is 4.39 Å². The van der Waals surface area contributed by atoms with E-state index in [0.29, 0.717) is 6.42 Å². The van der Waals surface area contributed by atoms with E-state index in [4.69, 9.17) is 5.73 Å². The predicted octanol–water partition coefficient (Wildman–Crippen LogP) is 2.25. The van der Waals surface area contributed by atoms with Crippen molar-refractivity contribution < 1.29 is 9.50 Å². The van der Waals surface area contributed by atoms with Gasteiger partial charge in [-0.1, -0.05) is 25.5 Å². The maximum absolute atomic E-state index is 12.6. The number of aliphatic hydroxyl groups excluding tert-OH is 1. The van der Waals surface area contributed by atoms with E-state index in [1.165, 1.54) is 12.1 Å². The van der Waals surface area contributed by atoms with Crippen LogP contribution in [0.2, 0.25) is 0 Å². The van der Waals surface area contributed by atoms with Crippen molar-refractivity contribution in [3.8, 4) is 0 Å². The van der Waals surface area contributed by atoms with Gasteiger partial charge in [0.05, 0.1) is 6.10 Å². The van der Waals surface area contributed by atoms with Gasteiger partial charge in [-0.3, -0.25) is 0 Å². The molecule has 2 unspecified atom stereocenters. The molecule has 0 radical (unpaired) electrons. The molecule has 0 saturated heterocycles. The second kappa shape index (κ2) is 6.61. The van der Waals surface area contributed by atoms with Crippen molar-refractivity contribution in [3.63, 3.8) is 0 Å². The molecule has 3 heteroatoms. The van der Waals surface area contributed by atoms with E-state index in [9.17, 15) is 9.50 Å². The predicted molar refractivity (Wildman–Crippen MR) is 63.6 cm³/mol. The van der Waals surface area contributed by atoms with Crippen molar-refractivity contribution >= 4 is 0 Å². The summed E-state index contributed by atoms with van der Waals surface area (Å²) in [5.74, 6) is -0.230. The van der Waals surface area contributed by atoms with Crippen LogP contribution >= 0.6 is 0 Å². The normalized spacial score (nSPS) is 14.8. The Balaban J connectivity index is 2.36. The maximum Gasteiger partial charge on any atom is 0.123 e. The zero-order valence-electron chi connectivity index (χ0n) is 9.70. The van der Waals surface area contributed by atoms with E-state index < -0.39 is 6.10 Å². The Labute approximate surface area is 96.3 Å². The molecule has 1 aromatic rings. The second-order valence-corrected chi connectivity index (χ2v) is 4.19. The SMILES string of the molecule is CCCC(N)C(O)CCc1ccc(F)cc1. The number of hydrogen-bond acceptors (Lipinski definition) is 2. The van der Waals surface area contributed by atoms with E-state index in [2.05, 4.69) is 0 Å². The standard InChI is InChI=1S/C13H20FNO/c1-2-3-12(15)13(16)9-6-10-4-7-11(14)8-5-10/h4-5,7-8,12-13,16H,2-3,6,9,15H2,1H3. The molecule has 2 nitrogen and oxygen atoms in total. The van der Waals surface area contributed by atoms with Gasteiger partial charge in [-0.2, -0.15) is 0 Å². The van der Waals surface area contributed by atoms with Gasteiger partial charge in [0.15, 0.2) is 0 Å². The van der Waals surface area contributed by atoms with E-state index in [1.807, 2.05) is 6.92 Å². The van der Waals surface area contributed by atoms with Crippen LogP contribution in [0, 0.1) is 5.82 Å². The van der Waals surface area contributed by atoms with Crippen molar-refractivity contribution in [1.82, 2.24) is 0 Å². The van der Waals surface area contributed by atoms with Crippen LogP contribution in [0.25, 0.3) is 0 Å². The average Bonchev–Trinajstić information content (AvgIpc) is 2.28. The van der Waals surface area contributed by atoms with E-state index in [0.717, 1.165) is 24.8 Å². The number of benzene rings is 1. The second-order valence-electron chi connectivity index (χ2n) is 4.19. The summed E-state index contributed by atoms with van der Waals surface area (Å²) in [6.45, 7) is 2.05. The number of hydrogen-bond donors (Lipinski definition) is 2. The Morgan fingerprint density at radius 1 is 1.25 bits per heavy atom. The lowest BCUT2D eigenvalue weighted by atomic mass is 10.00. The highest BCUT2D eigenvalue weighted by Gasteiger charge is 2.13. The lowest BCUT2D eigenvalue weighted by Gasteiger charge is -2.17. The topological polar surface area (TPSA) is 46.2 Å². The fraction of sp³-hybridized carbons (Fsp3) is 0.538. The van der Waals surface area contributed by atoms with Crippen LogP contribution in [0.3, 0.4) is 0 Å². The molecule has 1 rings (SSSR count). The fourth-order valence-electron chi connectivity index (χ4n) is 1.71. The molecular weight excluding hydrogens is 205 g/mol. The number of nitrogens with two attached hydrogens (primary N) is 1. The molecule has 0 aliphatic carbocycles. The zero-order chi connectivity index (χ0) is 12.0. The Morgan fingerprint density at radius 3 is 2.44 bits per heavy atom. The first-order valence-electron chi connectivity index (χ1n) is 5.81. The van der Waals surface area contributed by atoms with Crippen LogP contribution in [0.1, 0.15) is 31.7 Å². The highest BCUT2D eigenvalue weighted by atomic mass is 19.1. The number of halogens is 1. The monoisotopic (exact) mass is 225 g/mol. The van der Waals surface area contributed by atoms with E-state index >= 15 is 0 Å². The molecule has 0 saturated carbocycles. The third-order valence-electron chi connectivity index (χ3n) is 2.76. The van der Waals surface area contributed by atoms with Gasteiger partial charge < -0.3 is 10.8 Å². The Bertz CT molecular complexity index is 299. The molecule has 0 amide bonds. The van der Waals surface area contributed by atoms with Crippen LogP contribution in [0.15, 0.2) is 24.3 Å². The first kappa shape index (κ1) is 13.1. The molecule has 0 aliphatic heterocycles. The molecule has 90 valence electrons. The first-order valence-corrected chi connectivity index (χ1v) is 5.81. The summed E-state index contributed by atoms with van der Waals surface area (Å²) < 4.78 is 12.6. The summed E-state index contributed by atoms with van der Waals surface area (Å²) in [4.78, 5) is 0. The van der Waals surface area contributed by atoms with Gasteiger partial charge in [-0.25, -0.2) is 4.39 Å². The van der Waals surface area contributed by atoms with E-state index in [1.54, 1.807) is 12.1 Å². The highest BCUT2D eigenvalue weighted by molar-refractivity contribution is 5.16. The largest absolute Gasteiger partial charge is 0.392 e. The Hall–Kier alpha value is -0.930. The van der Waals surface area contributed by atoms with Crippen molar-refractivity contribution in [1.29, 1.82) is 0 Å². The molecule has 0 bridgehead atoms. The van der Waals surface area contributed by atoms with Crippen LogP contribution in [-0.4, -0.2) is 17.3 Å². The van der Waals surface area contributed by atoms with Crippen LogP contribution < -0.4 is 5.73 Å². The molecule has 0 aliphatic rings. The van der Waals surface area contributed by atoms with Crippen molar-refractivity contribution in [3.05, 3.63) is 35.6 Å².